The Balaban J connectivity index is 1.61. The monoisotopic (exact) mass is 464 g/mol. The third-order valence-corrected chi connectivity index (χ3v) is 6.66. The largest absolute Gasteiger partial charge is 0.417 e. The van der Waals surface area contributed by atoms with E-state index in [0.29, 0.717) is 12.4 Å². The second-order valence-corrected chi connectivity index (χ2v) is 9.06. The minimum atomic E-state index is -4.48. The highest BCUT2D eigenvalue weighted by molar-refractivity contribution is 5.87. The van der Waals surface area contributed by atoms with Crippen molar-refractivity contribution in [2.24, 2.45) is 0 Å². The van der Waals surface area contributed by atoms with Crippen LogP contribution >= 0.6 is 0 Å². The van der Waals surface area contributed by atoms with Gasteiger partial charge in [0, 0.05) is 46.7 Å². The highest BCUT2D eigenvalue weighted by Crippen LogP contribution is 2.39. The standard InChI is InChI=1S/C27H27F3N4/c1-17-16-31-22-14-8-6-12-20(22)25(17)33-24-15-23(18-9-3-2-4-10-18)32-26(34-24)19-11-5-7-13-21(19)27(28,29)30/h5-8,11-15,18,31H,2-4,9-10,16H2,1H3,(H,32,33,34). The lowest BCUT2D eigenvalue weighted by molar-refractivity contribution is -0.137. The Morgan fingerprint density at radius 1 is 0.912 bits per heavy atom. The third kappa shape index (κ3) is 4.52. The molecule has 1 saturated carbocycles. The first-order chi connectivity index (χ1) is 16.4. The molecule has 2 heterocycles. The fourth-order valence-electron chi connectivity index (χ4n) is 4.89. The van der Waals surface area contributed by atoms with Crippen LogP contribution in [0.3, 0.4) is 0 Å². The number of para-hydroxylation sites is 1. The zero-order valence-electron chi connectivity index (χ0n) is 19.0. The van der Waals surface area contributed by atoms with E-state index in [1.54, 1.807) is 6.07 Å². The second-order valence-electron chi connectivity index (χ2n) is 9.06. The molecule has 0 atom stereocenters. The predicted molar refractivity (Wildman–Crippen MR) is 129 cm³/mol. The summed E-state index contributed by atoms with van der Waals surface area (Å²) in [5, 5.41) is 6.84. The van der Waals surface area contributed by atoms with E-state index < -0.39 is 11.7 Å². The summed E-state index contributed by atoms with van der Waals surface area (Å²) in [5.41, 5.74) is 4.16. The van der Waals surface area contributed by atoms with Crippen molar-refractivity contribution < 1.29 is 13.2 Å². The van der Waals surface area contributed by atoms with Gasteiger partial charge in [0.1, 0.15) is 5.82 Å². The molecule has 1 aliphatic carbocycles. The van der Waals surface area contributed by atoms with Crippen LogP contribution in [0.25, 0.3) is 17.1 Å². The first-order valence-corrected chi connectivity index (χ1v) is 11.8. The van der Waals surface area contributed by atoms with Crippen molar-refractivity contribution in [3.63, 3.8) is 0 Å². The average molecular weight is 465 g/mol. The number of anilines is 2. The van der Waals surface area contributed by atoms with E-state index in [2.05, 4.69) is 20.6 Å². The Kier molecular flexibility index (Phi) is 6.02. The molecule has 3 aromatic rings. The van der Waals surface area contributed by atoms with Gasteiger partial charge in [-0.3, -0.25) is 0 Å². The predicted octanol–water partition coefficient (Wildman–Crippen LogP) is 7.48. The van der Waals surface area contributed by atoms with Gasteiger partial charge < -0.3 is 10.6 Å². The molecule has 2 aromatic carbocycles. The summed E-state index contributed by atoms with van der Waals surface area (Å²) >= 11 is 0. The summed E-state index contributed by atoms with van der Waals surface area (Å²) < 4.78 is 41.4. The number of benzene rings is 2. The zero-order valence-corrected chi connectivity index (χ0v) is 19.0. The van der Waals surface area contributed by atoms with Gasteiger partial charge in [0.2, 0.25) is 0 Å². The van der Waals surface area contributed by atoms with Crippen molar-refractivity contribution in [1.29, 1.82) is 0 Å². The number of aromatic nitrogens is 2. The Labute approximate surface area is 197 Å². The molecule has 34 heavy (non-hydrogen) atoms. The Hall–Kier alpha value is -3.35. The minimum Gasteiger partial charge on any atom is -0.381 e. The molecular weight excluding hydrogens is 437 g/mol. The number of halogens is 3. The van der Waals surface area contributed by atoms with Crippen LogP contribution in [0, 0.1) is 0 Å². The summed E-state index contributed by atoms with van der Waals surface area (Å²) in [7, 11) is 0. The topological polar surface area (TPSA) is 49.8 Å². The molecule has 2 N–H and O–H groups in total. The van der Waals surface area contributed by atoms with Gasteiger partial charge in [-0.2, -0.15) is 13.2 Å². The zero-order chi connectivity index (χ0) is 23.7. The smallest absolute Gasteiger partial charge is 0.381 e. The SMILES string of the molecule is CC1=C(Nc2cc(C3CCCCC3)nc(-c3ccccc3C(F)(F)F)n2)c2ccccc2NC1. The number of fused-ring (bicyclic) bond motifs is 1. The van der Waals surface area contributed by atoms with Gasteiger partial charge in [-0.25, -0.2) is 9.97 Å². The molecule has 0 spiro atoms. The average Bonchev–Trinajstić information content (AvgIpc) is 2.86. The normalized spacial score (nSPS) is 16.7. The molecule has 176 valence electrons. The van der Waals surface area contributed by atoms with Gasteiger partial charge in [-0.15, -0.1) is 0 Å². The maximum atomic E-state index is 13.8. The minimum absolute atomic E-state index is 0.00659. The van der Waals surface area contributed by atoms with E-state index >= 15 is 0 Å². The molecule has 4 nitrogen and oxygen atoms in total. The van der Waals surface area contributed by atoms with Crippen molar-refractivity contribution in [3.8, 4) is 11.4 Å². The van der Waals surface area contributed by atoms with Gasteiger partial charge >= 0.3 is 6.18 Å². The molecule has 5 rings (SSSR count). The fraction of sp³-hybridized carbons (Fsp3) is 0.333. The highest BCUT2D eigenvalue weighted by Gasteiger charge is 2.34. The molecule has 0 unspecified atom stereocenters. The second kappa shape index (κ2) is 9.12. The Morgan fingerprint density at radius 3 is 2.38 bits per heavy atom. The van der Waals surface area contributed by atoms with Crippen LogP contribution in [-0.4, -0.2) is 16.5 Å². The molecule has 0 saturated heterocycles. The van der Waals surface area contributed by atoms with E-state index in [-0.39, 0.29) is 17.3 Å². The third-order valence-electron chi connectivity index (χ3n) is 6.66. The summed E-state index contributed by atoms with van der Waals surface area (Å²) in [4.78, 5) is 9.28. The van der Waals surface area contributed by atoms with Gasteiger partial charge in [-0.1, -0.05) is 55.7 Å². The first-order valence-electron chi connectivity index (χ1n) is 11.8. The van der Waals surface area contributed by atoms with Gasteiger partial charge in [0.25, 0.3) is 0 Å². The van der Waals surface area contributed by atoms with Crippen LogP contribution < -0.4 is 10.6 Å². The fourth-order valence-corrected chi connectivity index (χ4v) is 4.89. The van der Waals surface area contributed by atoms with Crippen LogP contribution in [0.2, 0.25) is 0 Å². The Morgan fingerprint density at radius 2 is 1.62 bits per heavy atom. The Bertz CT molecular complexity index is 1230. The van der Waals surface area contributed by atoms with E-state index in [4.69, 9.17) is 0 Å². The van der Waals surface area contributed by atoms with E-state index in [9.17, 15) is 13.2 Å². The number of hydrogen-bond donors (Lipinski definition) is 2. The van der Waals surface area contributed by atoms with Crippen molar-refractivity contribution in [3.05, 3.63) is 77.0 Å². The molecule has 0 radical (unpaired) electrons. The maximum absolute atomic E-state index is 13.8. The number of nitrogens with one attached hydrogen (secondary N) is 2. The molecule has 7 heteroatoms. The lowest BCUT2D eigenvalue weighted by Gasteiger charge is -2.25. The van der Waals surface area contributed by atoms with Crippen LogP contribution in [0.4, 0.5) is 24.7 Å². The van der Waals surface area contributed by atoms with E-state index in [1.807, 2.05) is 37.3 Å². The van der Waals surface area contributed by atoms with Crippen molar-refractivity contribution >= 4 is 17.2 Å². The lowest BCUT2D eigenvalue weighted by atomic mass is 9.86. The van der Waals surface area contributed by atoms with Gasteiger partial charge in [-0.05, 0) is 37.5 Å². The van der Waals surface area contributed by atoms with Crippen LogP contribution in [0.15, 0.2) is 60.2 Å². The van der Waals surface area contributed by atoms with E-state index in [1.165, 1.54) is 18.6 Å². The van der Waals surface area contributed by atoms with Gasteiger partial charge in [0.15, 0.2) is 5.82 Å². The number of alkyl halides is 3. The molecule has 1 aromatic heterocycles. The number of hydrogen-bond acceptors (Lipinski definition) is 4. The van der Waals surface area contributed by atoms with Gasteiger partial charge in [0.05, 0.1) is 5.56 Å². The number of rotatable bonds is 4. The highest BCUT2D eigenvalue weighted by atomic mass is 19.4. The van der Waals surface area contributed by atoms with Crippen LogP contribution in [0.5, 0.6) is 0 Å². The molecule has 1 aliphatic heterocycles. The van der Waals surface area contributed by atoms with Crippen molar-refractivity contribution in [2.45, 2.75) is 51.1 Å². The maximum Gasteiger partial charge on any atom is 0.417 e. The molecule has 1 fully saturated rings. The molecule has 2 aliphatic rings. The summed E-state index contributed by atoms with van der Waals surface area (Å²) in [6.45, 7) is 2.72. The summed E-state index contributed by atoms with van der Waals surface area (Å²) in [6.07, 6.45) is 0.898. The quantitative estimate of drug-likeness (QED) is 0.420. The molecular formula is C27H27F3N4. The van der Waals surface area contributed by atoms with Crippen molar-refractivity contribution in [1.82, 2.24) is 9.97 Å². The van der Waals surface area contributed by atoms with Crippen LogP contribution in [0.1, 0.15) is 61.8 Å². The lowest BCUT2D eigenvalue weighted by Crippen LogP contribution is -2.17. The van der Waals surface area contributed by atoms with Crippen LogP contribution in [-0.2, 0) is 6.18 Å². The molecule has 0 bridgehead atoms. The summed E-state index contributed by atoms with van der Waals surface area (Å²) in [6, 6.07) is 15.5. The van der Waals surface area contributed by atoms with E-state index in [0.717, 1.165) is 60.0 Å². The number of nitrogens with zero attached hydrogens (tertiary/aromatic N) is 2. The summed E-state index contributed by atoms with van der Waals surface area (Å²) in [5.74, 6) is 0.858. The molecule has 0 amide bonds. The first kappa shape index (κ1) is 22.4. The van der Waals surface area contributed by atoms with Crippen molar-refractivity contribution in [2.75, 3.05) is 17.2 Å².